The highest BCUT2D eigenvalue weighted by Gasteiger charge is 1.99. The van der Waals surface area contributed by atoms with Gasteiger partial charge >= 0.3 is 5.97 Å². The summed E-state index contributed by atoms with van der Waals surface area (Å²) in [5, 5.41) is 8.29. The molecule has 5 heteroatoms. The maximum absolute atomic E-state index is 10.1. The molecule has 0 saturated heterocycles. The van der Waals surface area contributed by atoms with Crippen LogP contribution in [0.4, 0.5) is 0 Å². The van der Waals surface area contributed by atoms with E-state index in [4.69, 9.17) is 16.7 Å². The van der Waals surface area contributed by atoms with Crippen molar-refractivity contribution in [1.29, 1.82) is 0 Å². The Kier molecular flexibility index (Phi) is 5.09. The zero-order chi connectivity index (χ0) is 11.2. The minimum absolute atomic E-state index is 0.0185. The van der Waals surface area contributed by atoms with Gasteiger partial charge in [0.15, 0.2) is 5.69 Å². The number of carbonyl (C=O) groups is 1. The van der Waals surface area contributed by atoms with Gasteiger partial charge in [-0.15, -0.1) is 11.6 Å². The lowest BCUT2D eigenvalue weighted by atomic mass is 10.3. The number of alkyl halides is 1. The molecule has 0 aliphatic rings. The molecule has 1 aromatic rings. The third-order valence-electron chi connectivity index (χ3n) is 0.801. The fourth-order valence-electron chi connectivity index (χ4n) is 0.417. The fourth-order valence-corrected chi connectivity index (χ4v) is 0.417. The Morgan fingerprint density at radius 3 is 2.21 bits per heavy atom. The Morgan fingerprint density at radius 2 is 2.00 bits per heavy atom. The lowest BCUT2D eigenvalue weighted by Crippen LogP contribution is -1.99. The van der Waals surface area contributed by atoms with E-state index in [1.807, 2.05) is 20.8 Å². The van der Waals surface area contributed by atoms with Gasteiger partial charge in [-0.25, -0.2) is 14.8 Å². The Balaban J connectivity index is 0.000000292. The first-order chi connectivity index (χ1) is 6.30. The summed E-state index contributed by atoms with van der Waals surface area (Å²) >= 11 is 5.53. The second kappa shape index (κ2) is 5.54. The molecule has 0 spiro atoms. The Morgan fingerprint density at radius 1 is 1.50 bits per heavy atom. The van der Waals surface area contributed by atoms with E-state index in [1.165, 1.54) is 18.6 Å². The molecule has 1 N–H and O–H groups in total. The van der Waals surface area contributed by atoms with E-state index in [0.29, 0.717) is 0 Å². The van der Waals surface area contributed by atoms with Gasteiger partial charge in [-0.05, 0) is 26.8 Å². The Bertz CT molecular complexity index is 277. The van der Waals surface area contributed by atoms with Crippen molar-refractivity contribution in [1.82, 2.24) is 9.97 Å². The summed E-state index contributed by atoms with van der Waals surface area (Å²) < 4.78 is 0. The van der Waals surface area contributed by atoms with Crippen LogP contribution < -0.4 is 0 Å². The van der Waals surface area contributed by atoms with E-state index in [9.17, 15) is 4.79 Å². The smallest absolute Gasteiger partial charge is 0.354 e. The molecular weight excluding hydrogens is 204 g/mol. The minimum Gasteiger partial charge on any atom is -0.477 e. The van der Waals surface area contributed by atoms with Gasteiger partial charge in [0.2, 0.25) is 0 Å². The number of nitrogens with zero attached hydrogens (tertiary/aromatic N) is 2. The predicted molar refractivity (Wildman–Crippen MR) is 54.6 cm³/mol. The van der Waals surface area contributed by atoms with Crippen LogP contribution in [0.2, 0.25) is 0 Å². The fraction of sp³-hybridized carbons (Fsp3) is 0.444. The Labute approximate surface area is 88.0 Å². The second-order valence-corrected chi connectivity index (χ2v) is 4.60. The van der Waals surface area contributed by atoms with Crippen LogP contribution in [-0.2, 0) is 0 Å². The summed E-state index contributed by atoms with van der Waals surface area (Å²) in [5.41, 5.74) is 0.0185. The number of aromatic nitrogens is 2. The van der Waals surface area contributed by atoms with Gasteiger partial charge < -0.3 is 5.11 Å². The lowest BCUT2D eigenvalue weighted by Gasteiger charge is -2.01. The van der Waals surface area contributed by atoms with Crippen molar-refractivity contribution in [2.75, 3.05) is 0 Å². The number of rotatable bonds is 1. The first kappa shape index (κ1) is 12.8. The van der Waals surface area contributed by atoms with E-state index in [2.05, 4.69) is 9.97 Å². The van der Waals surface area contributed by atoms with Crippen LogP contribution in [0.15, 0.2) is 18.6 Å². The molecule has 0 saturated carbocycles. The number of hydrogen-bond acceptors (Lipinski definition) is 3. The van der Waals surface area contributed by atoms with Crippen molar-refractivity contribution >= 4 is 17.6 Å². The molecule has 0 aliphatic heterocycles. The van der Waals surface area contributed by atoms with Gasteiger partial charge in [-0.1, -0.05) is 0 Å². The third kappa shape index (κ3) is 8.93. The summed E-state index contributed by atoms with van der Waals surface area (Å²) in [6.45, 7) is 5.86. The van der Waals surface area contributed by atoms with Crippen LogP contribution in [0.5, 0.6) is 0 Å². The van der Waals surface area contributed by atoms with Crippen molar-refractivity contribution in [3.8, 4) is 0 Å². The standard InChI is InChI=1S/C5H4N2O2.C4H9Cl/c8-5(9)4-1-2-6-3-7-4;1-4(2,3)5/h1-3H,(H,8,9);1-3H3. The number of halogens is 1. The molecule has 1 heterocycles. The number of hydrogen-bond donors (Lipinski definition) is 1. The maximum Gasteiger partial charge on any atom is 0.354 e. The molecule has 0 amide bonds. The van der Waals surface area contributed by atoms with Crippen molar-refractivity contribution in [3.05, 3.63) is 24.3 Å². The van der Waals surface area contributed by atoms with Crippen molar-refractivity contribution in [3.63, 3.8) is 0 Å². The molecule has 1 aromatic heterocycles. The van der Waals surface area contributed by atoms with E-state index in [1.54, 1.807) is 0 Å². The highest BCUT2D eigenvalue weighted by molar-refractivity contribution is 6.23. The lowest BCUT2D eigenvalue weighted by molar-refractivity contribution is 0.0690. The van der Waals surface area contributed by atoms with Gasteiger partial charge in [0.25, 0.3) is 0 Å². The van der Waals surface area contributed by atoms with Gasteiger partial charge in [0, 0.05) is 11.1 Å². The monoisotopic (exact) mass is 216 g/mol. The van der Waals surface area contributed by atoms with Gasteiger partial charge in [0.1, 0.15) is 6.33 Å². The molecule has 14 heavy (non-hydrogen) atoms. The first-order valence-electron chi connectivity index (χ1n) is 3.99. The van der Waals surface area contributed by atoms with Crippen molar-refractivity contribution in [2.45, 2.75) is 25.6 Å². The zero-order valence-electron chi connectivity index (χ0n) is 8.36. The first-order valence-corrected chi connectivity index (χ1v) is 4.36. The van der Waals surface area contributed by atoms with Crippen LogP contribution in [0.25, 0.3) is 0 Å². The van der Waals surface area contributed by atoms with Crippen LogP contribution in [0.3, 0.4) is 0 Å². The summed E-state index contributed by atoms with van der Waals surface area (Å²) in [5.74, 6) is -1.03. The SMILES string of the molecule is CC(C)(C)Cl.O=C(O)c1ccncn1. The molecule has 0 aliphatic carbocycles. The number of aromatic carboxylic acids is 1. The molecule has 1 rings (SSSR count). The molecule has 4 nitrogen and oxygen atoms in total. The molecule has 78 valence electrons. The second-order valence-electron chi connectivity index (χ2n) is 3.47. The summed E-state index contributed by atoms with van der Waals surface area (Å²) in [6, 6.07) is 1.34. The zero-order valence-corrected chi connectivity index (χ0v) is 9.12. The van der Waals surface area contributed by atoms with Crippen LogP contribution >= 0.6 is 11.6 Å². The summed E-state index contributed by atoms with van der Waals surface area (Å²) in [7, 11) is 0. The predicted octanol–water partition coefficient (Wildman–Crippen LogP) is 2.20. The third-order valence-corrected chi connectivity index (χ3v) is 0.801. The van der Waals surface area contributed by atoms with Crippen LogP contribution in [0.1, 0.15) is 31.3 Å². The van der Waals surface area contributed by atoms with Crippen LogP contribution in [0, 0.1) is 0 Å². The topological polar surface area (TPSA) is 63.1 Å². The molecule has 0 bridgehead atoms. The molecule has 0 fully saturated rings. The highest BCUT2D eigenvalue weighted by Crippen LogP contribution is 2.07. The van der Waals surface area contributed by atoms with E-state index < -0.39 is 5.97 Å². The maximum atomic E-state index is 10.1. The summed E-state index contributed by atoms with van der Waals surface area (Å²) in [4.78, 5) is 17.1. The van der Waals surface area contributed by atoms with Crippen molar-refractivity contribution in [2.24, 2.45) is 0 Å². The van der Waals surface area contributed by atoms with Gasteiger partial charge in [-0.2, -0.15) is 0 Å². The molecule has 0 radical (unpaired) electrons. The van der Waals surface area contributed by atoms with Gasteiger partial charge in [-0.3, -0.25) is 0 Å². The number of carboxylic acids is 1. The highest BCUT2D eigenvalue weighted by atomic mass is 35.5. The summed E-state index contributed by atoms with van der Waals surface area (Å²) in [6.07, 6.45) is 2.58. The molecule has 0 aromatic carbocycles. The van der Waals surface area contributed by atoms with E-state index >= 15 is 0 Å². The van der Waals surface area contributed by atoms with Crippen LogP contribution in [-0.4, -0.2) is 25.9 Å². The quantitative estimate of drug-likeness (QED) is 0.731. The molecular formula is C9H13ClN2O2. The van der Waals surface area contributed by atoms with Crippen molar-refractivity contribution < 1.29 is 9.90 Å². The average Bonchev–Trinajstić information content (AvgIpc) is 2.03. The van der Waals surface area contributed by atoms with Gasteiger partial charge in [0.05, 0.1) is 0 Å². The molecule has 0 unspecified atom stereocenters. The van der Waals surface area contributed by atoms with E-state index in [0.717, 1.165) is 0 Å². The molecule has 0 atom stereocenters. The van der Waals surface area contributed by atoms with E-state index in [-0.39, 0.29) is 10.6 Å². The average molecular weight is 217 g/mol. The largest absolute Gasteiger partial charge is 0.477 e. The number of carboxylic acid groups (broad SMARTS) is 1. The Hall–Kier alpha value is -1.16. The normalized spacial score (nSPS) is 10.0. The minimum atomic E-state index is -1.03.